The standard InChI is InChI=1S/C15H12ClFN2/c1-10-2-3-11(6-15(10)17)9-19-13-4-5-14(16)12(7-13)8-18/h2-7,19H,9H2,1H3. The number of benzene rings is 2. The zero-order chi connectivity index (χ0) is 13.8. The van der Waals surface area contributed by atoms with Gasteiger partial charge in [0.15, 0.2) is 0 Å². The van der Waals surface area contributed by atoms with E-state index in [-0.39, 0.29) is 5.82 Å². The van der Waals surface area contributed by atoms with E-state index in [1.165, 1.54) is 6.07 Å². The molecule has 0 saturated carbocycles. The van der Waals surface area contributed by atoms with E-state index < -0.39 is 0 Å². The predicted molar refractivity (Wildman–Crippen MR) is 74.6 cm³/mol. The second-order valence-corrected chi connectivity index (χ2v) is 4.65. The predicted octanol–water partition coefficient (Wildman–Crippen LogP) is 4.27. The first-order chi connectivity index (χ1) is 9.10. The van der Waals surface area contributed by atoms with Crippen molar-refractivity contribution in [3.8, 4) is 6.07 Å². The van der Waals surface area contributed by atoms with Crippen LogP contribution in [0, 0.1) is 24.1 Å². The number of hydrogen-bond donors (Lipinski definition) is 1. The number of aryl methyl sites for hydroxylation is 1. The minimum absolute atomic E-state index is 0.215. The molecule has 2 nitrogen and oxygen atoms in total. The molecule has 1 N–H and O–H groups in total. The van der Waals surface area contributed by atoms with Crippen molar-refractivity contribution < 1.29 is 4.39 Å². The first kappa shape index (κ1) is 13.4. The molecule has 0 aliphatic rings. The van der Waals surface area contributed by atoms with Crippen LogP contribution < -0.4 is 5.32 Å². The maximum absolute atomic E-state index is 13.4. The number of halogens is 2. The summed E-state index contributed by atoms with van der Waals surface area (Å²) in [5.74, 6) is -0.215. The van der Waals surface area contributed by atoms with Gasteiger partial charge in [-0.05, 0) is 42.3 Å². The summed E-state index contributed by atoms with van der Waals surface area (Å²) in [5.41, 5.74) is 2.67. The molecule has 4 heteroatoms. The van der Waals surface area contributed by atoms with E-state index in [0.29, 0.717) is 22.7 Å². The summed E-state index contributed by atoms with van der Waals surface area (Å²) in [5, 5.41) is 12.4. The normalized spacial score (nSPS) is 10.0. The van der Waals surface area contributed by atoms with Gasteiger partial charge in [0.05, 0.1) is 10.6 Å². The number of hydrogen-bond acceptors (Lipinski definition) is 2. The topological polar surface area (TPSA) is 35.8 Å². The Balaban J connectivity index is 2.10. The van der Waals surface area contributed by atoms with Gasteiger partial charge >= 0.3 is 0 Å². The van der Waals surface area contributed by atoms with Gasteiger partial charge in [0, 0.05) is 12.2 Å². The van der Waals surface area contributed by atoms with Crippen LogP contribution in [0.25, 0.3) is 0 Å². The first-order valence-corrected chi connectivity index (χ1v) is 6.16. The van der Waals surface area contributed by atoms with E-state index in [9.17, 15) is 4.39 Å². The Kier molecular flexibility index (Phi) is 4.03. The largest absolute Gasteiger partial charge is 0.381 e. The van der Waals surface area contributed by atoms with Crippen LogP contribution in [-0.2, 0) is 6.54 Å². The van der Waals surface area contributed by atoms with Gasteiger partial charge in [-0.2, -0.15) is 5.26 Å². The highest BCUT2D eigenvalue weighted by Crippen LogP contribution is 2.20. The van der Waals surface area contributed by atoms with Gasteiger partial charge in [0.1, 0.15) is 11.9 Å². The molecule has 2 aromatic carbocycles. The average molecular weight is 275 g/mol. The second-order valence-electron chi connectivity index (χ2n) is 4.24. The van der Waals surface area contributed by atoms with Crippen molar-refractivity contribution in [3.63, 3.8) is 0 Å². The molecule has 0 heterocycles. The van der Waals surface area contributed by atoms with Crippen LogP contribution in [0.2, 0.25) is 5.02 Å². The molecule has 2 aromatic rings. The summed E-state index contributed by atoms with van der Waals surface area (Å²) < 4.78 is 13.4. The Hall–Kier alpha value is -2.05. The Morgan fingerprint density at radius 3 is 2.74 bits per heavy atom. The molecule has 0 saturated heterocycles. The number of anilines is 1. The highest BCUT2D eigenvalue weighted by atomic mass is 35.5. The lowest BCUT2D eigenvalue weighted by Crippen LogP contribution is -2.00. The van der Waals surface area contributed by atoms with Crippen molar-refractivity contribution >= 4 is 17.3 Å². The van der Waals surface area contributed by atoms with Gasteiger partial charge in [-0.25, -0.2) is 4.39 Å². The van der Waals surface area contributed by atoms with Crippen molar-refractivity contribution in [2.24, 2.45) is 0 Å². The van der Waals surface area contributed by atoms with E-state index in [1.807, 2.05) is 12.1 Å². The highest BCUT2D eigenvalue weighted by Gasteiger charge is 2.02. The highest BCUT2D eigenvalue weighted by molar-refractivity contribution is 6.31. The van der Waals surface area contributed by atoms with Gasteiger partial charge < -0.3 is 5.32 Å². The third kappa shape index (κ3) is 3.24. The lowest BCUT2D eigenvalue weighted by Gasteiger charge is -2.08. The molecule has 0 aliphatic carbocycles. The summed E-state index contributed by atoms with van der Waals surface area (Å²) in [6, 6.07) is 12.3. The molecule has 2 rings (SSSR count). The fraction of sp³-hybridized carbons (Fsp3) is 0.133. The molecule has 0 radical (unpaired) electrons. The SMILES string of the molecule is Cc1ccc(CNc2ccc(Cl)c(C#N)c2)cc1F. The summed E-state index contributed by atoms with van der Waals surface area (Å²) >= 11 is 5.85. The van der Waals surface area contributed by atoms with Gasteiger partial charge in [0.2, 0.25) is 0 Å². The lowest BCUT2D eigenvalue weighted by molar-refractivity contribution is 0.616. The summed E-state index contributed by atoms with van der Waals surface area (Å²) in [7, 11) is 0. The van der Waals surface area contributed by atoms with E-state index in [0.717, 1.165) is 11.3 Å². The molecule has 0 amide bonds. The van der Waals surface area contributed by atoms with Crippen LogP contribution in [0.15, 0.2) is 36.4 Å². The van der Waals surface area contributed by atoms with Gasteiger partial charge in [0.25, 0.3) is 0 Å². The van der Waals surface area contributed by atoms with Crippen molar-refractivity contribution in [3.05, 3.63) is 63.9 Å². The molecule has 0 unspecified atom stereocenters. The van der Waals surface area contributed by atoms with Crippen molar-refractivity contribution in [1.29, 1.82) is 5.26 Å². The Labute approximate surface area is 116 Å². The zero-order valence-corrected chi connectivity index (χ0v) is 11.1. The number of rotatable bonds is 3. The minimum atomic E-state index is -0.215. The molecule has 0 bridgehead atoms. The van der Waals surface area contributed by atoms with Crippen LogP contribution in [0.4, 0.5) is 10.1 Å². The Bertz CT molecular complexity index is 647. The molecule has 96 valence electrons. The maximum Gasteiger partial charge on any atom is 0.126 e. The van der Waals surface area contributed by atoms with E-state index in [4.69, 9.17) is 16.9 Å². The van der Waals surface area contributed by atoms with Crippen molar-refractivity contribution in [2.75, 3.05) is 5.32 Å². The van der Waals surface area contributed by atoms with Crippen molar-refractivity contribution in [1.82, 2.24) is 0 Å². The van der Waals surface area contributed by atoms with Crippen LogP contribution >= 0.6 is 11.6 Å². The van der Waals surface area contributed by atoms with Crippen LogP contribution in [-0.4, -0.2) is 0 Å². The molecule has 19 heavy (non-hydrogen) atoms. The van der Waals surface area contributed by atoms with E-state index in [1.54, 1.807) is 31.2 Å². The first-order valence-electron chi connectivity index (χ1n) is 5.78. The van der Waals surface area contributed by atoms with Crippen LogP contribution in [0.3, 0.4) is 0 Å². The monoisotopic (exact) mass is 274 g/mol. The molecule has 0 atom stereocenters. The molecule has 0 aliphatic heterocycles. The smallest absolute Gasteiger partial charge is 0.126 e. The molecular formula is C15H12ClFN2. The summed E-state index contributed by atoms with van der Waals surface area (Å²) in [6.45, 7) is 2.22. The third-order valence-electron chi connectivity index (χ3n) is 2.82. The Morgan fingerprint density at radius 2 is 2.05 bits per heavy atom. The summed E-state index contributed by atoms with van der Waals surface area (Å²) in [4.78, 5) is 0. The zero-order valence-electron chi connectivity index (χ0n) is 10.4. The molecule has 0 aromatic heterocycles. The molecule has 0 fully saturated rings. The number of nitriles is 1. The van der Waals surface area contributed by atoms with Gasteiger partial charge in [-0.1, -0.05) is 23.7 Å². The molecular weight excluding hydrogens is 263 g/mol. The van der Waals surface area contributed by atoms with Gasteiger partial charge in [-0.3, -0.25) is 0 Å². The summed E-state index contributed by atoms with van der Waals surface area (Å²) in [6.07, 6.45) is 0. The van der Waals surface area contributed by atoms with Crippen LogP contribution in [0.5, 0.6) is 0 Å². The van der Waals surface area contributed by atoms with Crippen LogP contribution in [0.1, 0.15) is 16.7 Å². The average Bonchev–Trinajstić information content (AvgIpc) is 2.41. The fourth-order valence-electron chi connectivity index (χ4n) is 1.67. The maximum atomic E-state index is 13.4. The third-order valence-corrected chi connectivity index (χ3v) is 3.15. The quantitative estimate of drug-likeness (QED) is 0.907. The fourth-order valence-corrected chi connectivity index (χ4v) is 1.83. The van der Waals surface area contributed by atoms with Crippen molar-refractivity contribution in [2.45, 2.75) is 13.5 Å². The number of nitrogens with one attached hydrogen (secondary N) is 1. The van der Waals surface area contributed by atoms with E-state index >= 15 is 0 Å². The Morgan fingerprint density at radius 1 is 1.26 bits per heavy atom. The minimum Gasteiger partial charge on any atom is -0.381 e. The van der Waals surface area contributed by atoms with Gasteiger partial charge in [-0.15, -0.1) is 0 Å². The van der Waals surface area contributed by atoms with E-state index in [2.05, 4.69) is 5.32 Å². The lowest BCUT2D eigenvalue weighted by atomic mass is 10.1. The second kappa shape index (κ2) is 5.73. The number of nitrogens with zero attached hydrogens (tertiary/aromatic N) is 1. The molecule has 0 spiro atoms.